The minimum atomic E-state index is 0.477. The van der Waals surface area contributed by atoms with Crippen LogP contribution in [-0.4, -0.2) is 35.6 Å². The topological polar surface area (TPSA) is 72.2 Å². The summed E-state index contributed by atoms with van der Waals surface area (Å²) < 4.78 is 13.1. The largest absolute Gasteiger partial charge is 0.493 e. The number of guanidine groups is 1. The Labute approximate surface area is 165 Å². The van der Waals surface area contributed by atoms with Crippen molar-refractivity contribution in [2.24, 2.45) is 4.99 Å². The van der Waals surface area contributed by atoms with Crippen LogP contribution in [0.5, 0.6) is 11.5 Å². The molecule has 0 radical (unpaired) electrons. The monoisotopic (exact) mass is 381 g/mol. The standard InChI is InChI=1S/C21H27N5O2/c1-5-22-21(25-16-10-11-18(28-6-2)19(12-16)27-4)23-13-17-14-26-15(3)8-7-9-20(26)24-17/h7-12,14H,5-6,13H2,1-4H3,(H2,22,23,25). The Kier molecular flexibility index (Phi) is 6.37. The maximum absolute atomic E-state index is 5.57. The predicted octanol–water partition coefficient (Wildman–Crippen LogP) is 3.63. The van der Waals surface area contributed by atoms with E-state index in [1.165, 1.54) is 0 Å². The third kappa shape index (κ3) is 4.54. The zero-order valence-corrected chi connectivity index (χ0v) is 16.8. The van der Waals surface area contributed by atoms with Crippen molar-refractivity contribution in [3.05, 3.63) is 54.0 Å². The van der Waals surface area contributed by atoms with E-state index in [1.54, 1.807) is 7.11 Å². The Hall–Kier alpha value is -3.22. The fourth-order valence-corrected chi connectivity index (χ4v) is 2.90. The number of imidazole rings is 1. The number of aryl methyl sites for hydroxylation is 1. The van der Waals surface area contributed by atoms with Crippen molar-refractivity contribution in [1.29, 1.82) is 0 Å². The van der Waals surface area contributed by atoms with Crippen molar-refractivity contribution in [3.63, 3.8) is 0 Å². The Morgan fingerprint density at radius 1 is 1.18 bits per heavy atom. The molecule has 0 bridgehead atoms. The highest BCUT2D eigenvalue weighted by Gasteiger charge is 2.08. The molecule has 2 heterocycles. The van der Waals surface area contributed by atoms with E-state index in [1.807, 2.05) is 50.4 Å². The highest BCUT2D eigenvalue weighted by Crippen LogP contribution is 2.30. The zero-order chi connectivity index (χ0) is 19.9. The molecule has 0 aliphatic carbocycles. The molecule has 1 aromatic carbocycles. The van der Waals surface area contributed by atoms with Gasteiger partial charge >= 0.3 is 0 Å². The predicted molar refractivity (Wildman–Crippen MR) is 113 cm³/mol. The van der Waals surface area contributed by atoms with Gasteiger partial charge < -0.3 is 24.5 Å². The third-order valence-corrected chi connectivity index (χ3v) is 4.22. The highest BCUT2D eigenvalue weighted by atomic mass is 16.5. The lowest BCUT2D eigenvalue weighted by Crippen LogP contribution is -2.30. The number of nitrogens with zero attached hydrogens (tertiary/aromatic N) is 3. The molecule has 0 unspecified atom stereocenters. The van der Waals surface area contributed by atoms with Gasteiger partial charge in [0.25, 0.3) is 0 Å². The first-order chi connectivity index (χ1) is 13.6. The van der Waals surface area contributed by atoms with E-state index in [9.17, 15) is 0 Å². The van der Waals surface area contributed by atoms with Crippen molar-refractivity contribution >= 4 is 17.3 Å². The maximum atomic E-state index is 5.57. The number of aromatic nitrogens is 2. The van der Waals surface area contributed by atoms with E-state index >= 15 is 0 Å². The number of aliphatic imine (C=N–C) groups is 1. The fraction of sp³-hybridized carbons (Fsp3) is 0.333. The van der Waals surface area contributed by atoms with E-state index < -0.39 is 0 Å². The number of benzene rings is 1. The van der Waals surface area contributed by atoms with Crippen LogP contribution in [0.3, 0.4) is 0 Å². The molecule has 0 aliphatic rings. The van der Waals surface area contributed by atoms with Crippen molar-refractivity contribution in [1.82, 2.24) is 14.7 Å². The summed E-state index contributed by atoms with van der Waals surface area (Å²) in [5, 5.41) is 6.56. The van der Waals surface area contributed by atoms with Crippen LogP contribution < -0.4 is 20.1 Å². The lowest BCUT2D eigenvalue weighted by atomic mass is 10.2. The number of anilines is 1. The molecule has 0 aliphatic heterocycles. The maximum Gasteiger partial charge on any atom is 0.196 e. The van der Waals surface area contributed by atoms with Gasteiger partial charge in [0.2, 0.25) is 0 Å². The highest BCUT2D eigenvalue weighted by molar-refractivity contribution is 5.93. The van der Waals surface area contributed by atoms with E-state index in [0.29, 0.717) is 24.9 Å². The van der Waals surface area contributed by atoms with Crippen molar-refractivity contribution < 1.29 is 9.47 Å². The SMILES string of the molecule is CCNC(=NCc1cn2c(C)cccc2n1)Nc1ccc(OCC)c(OC)c1. The number of rotatable bonds is 7. The molecule has 0 saturated heterocycles. The first-order valence-corrected chi connectivity index (χ1v) is 9.44. The van der Waals surface area contributed by atoms with Crippen LogP contribution in [-0.2, 0) is 6.54 Å². The first-order valence-electron chi connectivity index (χ1n) is 9.44. The molecule has 3 rings (SSSR count). The number of nitrogens with one attached hydrogen (secondary N) is 2. The van der Waals surface area contributed by atoms with E-state index in [2.05, 4.69) is 38.0 Å². The molecule has 0 atom stereocenters. The van der Waals surface area contributed by atoms with Crippen LogP contribution >= 0.6 is 0 Å². The zero-order valence-electron chi connectivity index (χ0n) is 16.8. The second-order valence-electron chi connectivity index (χ2n) is 6.25. The molecule has 0 saturated carbocycles. The molecule has 7 heteroatoms. The summed E-state index contributed by atoms with van der Waals surface area (Å²) in [6.07, 6.45) is 2.03. The van der Waals surface area contributed by atoms with Gasteiger partial charge in [0, 0.05) is 30.2 Å². The molecule has 0 fully saturated rings. The Balaban J connectivity index is 1.77. The molecule has 0 spiro atoms. The first kappa shape index (κ1) is 19.5. The minimum Gasteiger partial charge on any atom is -0.493 e. The van der Waals surface area contributed by atoms with Crippen LogP contribution in [0.4, 0.5) is 5.69 Å². The Morgan fingerprint density at radius 2 is 2.04 bits per heavy atom. The number of ether oxygens (including phenoxy) is 2. The normalized spacial score (nSPS) is 11.5. The van der Waals surface area contributed by atoms with Gasteiger partial charge in [-0.25, -0.2) is 9.98 Å². The molecule has 148 valence electrons. The summed E-state index contributed by atoms with van der Waals surface area (Å²) in [6, 6.07) is 11.8. The van der Waals surface area contributed by atoms with Gasteiger partial charge in [-0.2, -0.15) is 0 Å². The smallest absolute Gasteiger partial charge is 0.196 e. The molecule has 7 nitrogen and oxygen atoms in total. The molecule has 3 aromatic rings. The summed E-state index contributed by atoms with van der Waals surface area (Å²) in [4.78, 5) is 9.30. The van der Waals surface area contributed by atoms with Gasteiger partial charge in [0.15, 0.2) is 17.5 Å². The van der Waals surface area contributed by atoms with Crippen LogP contribution in [0, 0.1) is 6.92 Å². The fourth-order valence-electron chi connectivity index (χ4n) is 2.90. The summed E-state index contributed by atoms with van der Waals surface area (Å²) >= 11 is 0. The lowest BCUT2D eigenvalue weighted by molar-refractivity contribution is 0.311. The molecule has 2 aromatic heterocycles. The number of pyridine rings is 1. The average molecular weight is 381 g/mol. The number of fused-ring (bicyclic) bond motifs is 1. The lowest BCUT2D eigenvalue weighted by Gasteiger charge is -2.14. The summed E-state index contributed by atoms with van der Waals surface area (Å²) in [5.41, 5.74) is 3.85. The van der Waals surface area contributed by atoms with Crippen molar-refractivity contribution in [2.75, 3.05) is 25.6 Å². The second-order valence-corrected chi connectivity index (χ2v) is 6.25. The number of hydrogen-bond acceptors (Lipinski definition) is 4. The van der Waals surface area contributed by atoms with E-state index in [0.717, 1.165) is 35.0 Å². The van der Waals surface area contributed by atoms with E-state index in [-0.39, 0.29) is 0 Å². The van der Waals surface area contributed by atoms with Gasteiger partial charge in [-0.15, -0.1) is 0 Å². The van der Waals surface area contributed by atoms with Crippen LogP contribution in [0.15, 0.2) is 47.6 Å². The van der Waals surface area contributed by atoms with Crippen LogP contribution in [0.25, 0.3) is 5.65 Å². The van der Waals surface area contributed by atoms with Crippen LogP contribution in [0.2, 0.25) is 0 Å². The minimum absolute atomic E-state index is 0.477. The summed E-state index contributed by atoms with van der Waals surface area (Å²) in [5.74, 6) is 2.08. The Bertz CT molecular complexity index is 965. The average Bonchev–Trinajstić information content (AvgIpc) is 3.12. The summed E-state index contributed by atoms with van der Waals surface area (Å²) in [6.45, 7) is 7.86. The third-order valence-electron chi connectivity index (χ3n) is 4.22. The number of methoxy groups -OCH3 is 1. The molecular formula is C21H27N5O2. The molecule has 2 N–H and O–H groups in total. The van der Waals surface area contributed by atoms with Crippen molar-refractivity contribution in [3.8, 4) is 11.5 Å². The molecular weight excluding hydrogens is 354 g/mol. The molecule has 28 heavy (non-hydrogen) atoms. The Morgan fingerprint density at radius 3 is 2.75 bits per heavy atom. The van der Waals surface area contributed by atoms with Gasteiger partial charge in [-0.05, 0) is 45.0 Å². The summed E-state index contributed by atoms with van der Waals surface area (Å²) in [7, 11) is 1.63. The van der Waals surface area contributed by atoms with E-state index in [4.69, 9.17) is 9.47 Å². The van der Waals surface area contributed by atoms with Gasteiger partial charge in [-0.3, -0.25) is 0 Å². The van der Waals surface area contributed by atoms with Gasteiger partial charge in [0.1, 0.15) is 5.65 Å². The number of hydrogen-bond donors (Lipinski definition) is 2. The van der Waals surface area contributed by atoms with Crippen LogP contribution in [0.1, 0.15) is 25.2 Å². The van der Waals surface area contributed by atoms with Gasteiger partial charge in [0.05, 0.1) is 26.0 Å². The second kappa shape index (κ2) is 9.12. The molecule has 0 amide bonds. The van der Waals surface area contributed by atoms with Crippen molar-refractivity contribution in [2.45, 2.75) is 27.3 Å². The van der Waals surface area contributed by atoms with Gasteiger partial charge in [-0.1, -0.05) is 6.07 Å². The quantitative estimate of drug-likeness (QED) is 0.483.